The van der Waals surface area contributed by atoms with Crippen LogP contribution in [0.1, 0.15) is 23.3 Å². The van der Waals surface area contributed by atoms with E-state index in [1.165, 1.54) is 11.3 Å². The van der Waals surface area contributed by atoms with Crippen LogP contribution in [0.25, 0.3) is 0 Å². The molecule has 4 heterocycles. The summed E-state index contributed by atoms with van der Waals surface area (Å²) < 4.78 is 11.4. The number of nitrogens with zero attached hydrogens (tertiary/aromatic N) is 4. The Morgan fingerprint density at radius 1 is 1.11 bits per heavy atom. The van der Waals surface area contributed by atoms with Crippen LogP contribution in [0, 0.1) is 0 Å². The van der Waals surface area contributed by atoms with Crippen molar-refractivity contribution in [2.24, 2.45) is 0 Å². The Morgan fingerprint density at radius 2 is 1.79 bits per heavy atom. The Hall–Kier alpha value is -1.75. The number of thiazole rings is 1. The fraction of sp³-hybridized carbons (Fsp3) is 0.722. The van der Waals surface area contributed by atoms with Gasteiger partial charge in [-0.3, -0.25) is 14.5 Å². The van der Waals surface area contributed by atoms with Gasteiger partial charge < -0.3 is 24.6 Å². The van der Waals surface area contributed by atoms with E-state index >= 15 is 0 Å². The van der Waals surface area contributed by atoms with Crippen LogP contribution in [0.3, 0.4) is 0 Å². The van der Waals surface area contributed by atoms with E-state index < -0.39 is 5.79 Å². The summed E-state index contributed by atoms with van der Waals surface area (Å²) in [7, 11) is 1.79. The number of hydrogen-bond acceptors (Lipinski definition) is 8. The lowest BCUT2D eigenvalue weighted by molar-refractivity contribution is -0.187. The molecule has 0 radical (unpaired) electrons. The number of carbonyl (C=O) groups excluding carboxylic acids is 2. The zero-order chi connectivity index (χ0) is 19.6. The topological polar surface area (TPSA) is 87.2 Å². The highest BCUT2D eigenvalue weighted by Gasteiger charge is 2.41. The van der Waals surface area contributed by atoms with Gasteiger partial charge in [0.15, 0.2) is 10.9 Å². The largest absolute Gasteiger partial charge is 0.365 e. The molecule has 1 N–H and O–H groups in total. The summed E-state index contributed by atoms with van der Waals surface area (Å²) in [6.45, 7) is 5.67. The summed E-state index contributed by atoms with van der Waals surface area (Å²) in [5, 5.41) is 5.47. The van der Waals surface area contributed by atoms with Gasteiger partial charge in [-0.05, 0) is 0 Å². The van der Waals surface area contributed by atoms with Gasteiger partial charge in [-0.1, -0.05) is 0 Å². The second-order valence-corrected chi connectivity index (χ2v) is 8.20. The molecule has 3 fully saturated rings. The maximum absolute atomic E-state index is 12.6. The lowest BCUT2D eigenvalue weighted by atomic mass is 10.0. The van der Waals surface area contributed by atoms with Gasteiger partial charge in [-0.25, -0.2) is 4.98 Å². The molecular weight excluding hydrogens is 382 g/mol. The zero-order valence-corrected chi connectivity index (χ0v) is 17.0. The fourth-order valence-corrected chi connectivity index (χ4v) is 4.58. The van der Waals surface area contributed by atoms with Gasteiger partial charge in [-0.15, -0.1) is 11.3 Å². The maximum Gasteiger partial charge on any atom is 0.273 e. The van der Waals surface area contributed by atoms with Gasteiger partial charge in [0.2, 0.25) is 5.91 Å². The summed E-state index contributed by atoms with van der Waals surface area (Å²) in [4.78, 5) is 35.3. The number of rotatable bonds is 4. The molecular formula is C18H27N5O4S. The number of anilines is 1. The maximum atomic E-state index is 12.6. The number of likely N-dealkylation sites (tertiary alicyclic amines) is 1. The lowest BCUT2D eigenvalue weighted by Gasteiger charge is -2.39. The van der Waals surface area contributed by atoms with Crippen LogP contribution in [0.4, 0.5) is 5.13 Å². The number of nitrogens with one attached hydrogen (secondary N) is 1. The van der Waals surface area contributed by atoms with Crippen molar-refractivity contribution >= 4 is 28.3 Å². The molecule has 0 aromatic carbocycles. The van der Waals surface area contributed by atoms with Gasteiger partial charge in [-0.2, -0.15) is 0 Å². The van der Waals surface area contributed by atoms with Crippen molar-refractivity contribution in [1.82, 2.24) is 19.7 Å². The highest BCUT2D eigenvalue weighted by atomic mass is 32.1. The number of hydrogen-bond donors (Lipinski definition) is 1. The summed E-state index contributed by atoms with van der Waals surface area (Å²) in [5.74, 6) is -0.349. The third kappa shape index (κ3) is 4.14. The van der Waals surface area contributed by atoms with Crippen LogP contribution >= 0.6 is 11.3 Å². The highest BCUT2D eigenvalue weighted by molar-refractivity contribution is 7.13. The second-order valence-electron chi connectivity index (χ2n) is 7.34. The van der Waals surface area contributed by atoms with Crippen molar-refractivity contribution in [3.8, 4) is 0 Å². The lowest BCUT2D eigenvalue weighted by Crippen LogP contribution is -2.53. The predicted molar refractivity (Wildman–Crippen MR) is 104 cm³/mol. The summed E-state index contributed by atoms with van der Waals surface area (Å²) >= 11 is 1.43. The predicted octanol–water partition coefficient (Wildman–Crippen LogP) is 0.308. The first-order chi connectivity index (χ1) is 13.6. The first kappa shape index (κ1) is 19.6. The van der Waals surface area contributed by atoms with Crippen LogP contribution in [0.5, 0.6) is 0 Å². The zero-order valence-electron chi connectivity index (χ0n) is 16.2. The molecule has 0 saturated carbocycles. The third-order valence-corrected chi connectivity index (χ3v) is 6.51. The molecule has 1 aromatic heterocycles. The molecule has 0 bridgehead atoms. The second kappa shape index (κ2) is 8.32. The molecule has 2 amide bonds. The minimum Gasteiger partial charge on any atom is -0.365 e. The minimum atomic E-state index is -0.453. The molecule has 154 valence electrons. The molecule has 10 heteroatoms. The molecule has 1 spiro atoms. The molecule has 1 aromatic rings. The summed E-state index contributed by atoms with van der Waals surface area (Å²) in [6.07, 6.45) is 1.48. The molecule has 3 aliphatic heterocycles. The highest BCUT2D eigenvalue weighted by Crippen LogP contribution is 2.31. The van der Waals surface area contributed by atoms with Gasteiger partial charge in [0, 0.05) is 64.5 Å². The average Bonchev–Trinajstić information content (AvgIpc) is 3.38. The van der Waals surface area contributed by atoms with E-state index in [0.717, 1.165) is 18.0 Å². The van der Waals surface area contributed by atoms with Crippen LogP contribution in [-0.2, 0) is 14.3 Å². The Balaban J connectivity index is 1.22. The normalized spacial score (nSPS) is 22.6. The molecule has 3 saturated heterocycles. The van der Waals surface area contributed by atoms with E-state index in [9.17, 15) is 9.59 Å². The number of piperazine rings is 1. The SMILES string of the molecule is CNc1nc(C(=O)N2CCN(CC(=O)N3CCC4(CC3)OCCO4)CC2)cs1. The number of carbonyl (C=O) groups is 2. The van der Waals surface area contributed by atoms with Crippen molar-refractivity contribution in [2.45, 2.75) is 18.6 Å². The number of amides is 2. The van der Waals surface area contributed by atoms with E-state index in [4.69, 9.17) is 9.47 Å². The molecule has 28 heavy (non-hydrogen) atoms. The van der Waals surface area contributed by atoms with Crippen molar-refractivity contribution in [2.75, 3.05) is 71.4 Å². The minimum absolute atomic E-state index is 0.0402. The number of piperidine rings is 1. The molecule has 4 rings (SSSR count). The summed E-state index contributed by atoms with van der Waals surface area (Å²) in [5.41, 5.74) is 0.484. The van der Waals surface area contributed by atoms with E-state index in [1.807, 2.05) is 9.80 Å². The van der Waals surface area contributed by atoms with E-state index in [2.05, 4.69) is 15.2 Å². The van der Waals surface area contributed by atoms with Crippen LogP contribution in [-0.4, -0.2) is 103 Å². The van der Waals surface area contributed by atoms with Crippen molar-refractivity contribution in [1.29, 1.82) is 0 Å². The Labute approximate surface area is 168 Å². The van der Waals surface area contributed by atoms with Gasteiger partial charge in [0.1, 0.15) is 5.69 Å². The van der Waals surface area contributed by atoms with Crippen LogP contribution in [0.2, 0.25) is 0 Å². The number of aromatic nitrogens is 1. The van der Waals surface area contributed by atoms with Crippen LogP contribution in [0.15, 0.2) is 5.38 Å². The molecule has 9 nitrogen and oxygen atoms in total. The first-order valence-electron chi connectivity index (χ1n) is 9.79. The van der Waals surface area contributed by atoms with Gasteiger partial charge in [0.25, 0.3) is 5.91 Å². The Morgan fingerprint density at radius 3 is 2.39 bits per heavy atom. The standard InChI is InChI=1S/C18H27N5O4S/c1-19-17-20-14(13-28-17)16(25)23-8-6-21(7-9-23)12-15(24)22-4-2-18(3-5-22)26-10-11-27-18/h13H,2-12H2,1H3,(H,19,20). The van der Waals surface area contributed by atoms with E-state index in [1.54, 1.807) is 12.4 Å². The number of ether oxygens (including phenoxy) is 2. The van der Waals surface area contributed by atoms with Crippen molar-refractivity contribution in [3.63, 3.8) is 0 Å². The summed E-state index contributed by atoms with van der Waals surface area (Å²) in [6, 6.07) is 0. The molecule has 0 aliphatic carbocycles. The first-order valence-corrected chi connectivity index (χ1v) is 10.7. The van der Waals surface area contributed by atoms with Crippen molar-refractivity contribution < 1.29 is 19.1 Å². The quantitative estimate of drug-likeness (QED) is 0.766. The molecule has 3 aliphatic rings. The van der Waals surface area contributed by atoms with Crippen molar-refractivity contribution in [3.05, 3.63) is 11.1 Å². The Kier molecular flexibility index (Phi) is 5.81. The van der Waals surface area contributed by atoms with Gasteiger partial charge in [0.05, 0.1) is 19.8 Å². The average molecular weight is 410 g/mol. The van der Waals surface area contributed by atoms with E-state index in [0.29, 0.717) is 64.7 Å². The fourth-order valence-electron chi connectivity index (χ4n) is 3.93. The van der Waals surface area contributed by atoms with Crippen LogP contribution < -0.4 is 5.32 Å². The Bertz CT molecular complexity index is 703. The molecule has 0 unspecified atom stereocenters. The van der Waals surface area contributed by atoms with Gasteiger partial charge >= 0.3 is 0 Å². The smallest absolute Gasteiger partial charge is 0.273 e. The van der Waals surface area contributed by atoms with E-state index in [-0.39, 0.29) is 11.8 Å². The third-order valence-electron chi connectivity index (χ3n) is 5.65. The monoisotopic (exact) mass is 409 g/mol. The molecule has 0 atom stereocenters.